The van der Waals surface area contributed by atoms with Gasteiger partial charge in [0.05, 0.1) is 0 Å². The van der Waals surface area contributed by atoms with E-state index in [0.717, 1.165) is 60.9 Å². The molecule has 0 aliphatic heterocycles. The first-order chi connectivity index (χ1) is 27.7. The van der Waals surface area contributed by atoms with E-state index in [9.17, 15) is 0 Å². The number of rotatable bonds is 6. The maximum atomic E-state index is 6.64. The van der Waals surface area contributed by atoms with Crippen LogP contribution < -0.4 is 0 Å². The molecule has 11 rings (SSSR count). The van der Waals surface area contributed by atoms with Crippen LogP contribution in [0, 0.1) is 0 Å². The average molecular weight is 734 g/mol. The molecule has 5 heteroatoms. The van der Waals surface area contributed by atoms with Gasteiger partial charge in [-0.3, -0.25) is 0 Å². The summed E-state index contributed by atoms with van der Waals surface area (Å²) in [7, 11) is 0. The van der Waals surface area contributed by atoms with Gasteiger partial charge in [0.15, 0.2) is 17.5 Å². The maximum Gasteiger partial charge on any atom is 0.164 e. The molecule has 3 aromatic heterocycles. The van der Waals surface area contributed by atoms with Crippen LogP contribution in [-0.4, -0.2) is 15.0 Å². The third-order valence-electron chi connectivity index (χ3n) is 10.6. The highest BCUT2D eigenvalue weighted by molar-refractivity contribution is 7.26. The molecule has 8 aromatic carbocycles. The summed E-state index contributed by atoms with van der Waals surface area (Å²) in [4.78, 5) is 15.4. The highest BCUT2D eigenvalue weighted by Gasteiger charge is 2.21. The van der Waals surface area contributed by atoms with E-state index in [0.29, 0.717) is 17.5 Å². The van der Waals surface area contributed by atoms with Crippen molar-refractivity contribution >= 4 is 53.4 Å². The van der Waals surface area contributed by atoms with Crippen LogP contribution in [0.5, 0.6) is 0 Å². The van der Waals surface area contributed by atoms with E-state index in [2.05, 4.69) is 140 Å². The van der Waals surface area contributed by atoms with Crippen LogP contribution in [0.25, 0.3) is 110 Å². The van der Waals surface area contributed by atoms with Gasteiger partial charge in [0, 0.05) is 53.2 Å². The van der Waals surface area contributed by atoms with Crippen molar-refractivity contribution in [3.63, 3.8) is 0 Å². The van der Waals surface area contributed by atoms with E-state index < -0.39 is 0 Å². The van der Waals surface area contributed by atoms with Gasteiger partial charge in [-0.25, -0.2) is 15.0 Å². The topological polar surface area (TPSA) is 51.8 Å². The van der Waals surface area contributed by atoms with Gasteiger partial charge in [-0.1, -0.05) is 164 Å². The van der Waals surface area contributed by atoms with Crippen molar-refractivity contribution in [2.24, 2.45) is 0 Å². The van der Waals surface area contributed by atoms with Crippen LogP contribution in [0.15, 0.2) is 192 Å². The molecule has 0 N–H and O–H groups in total. The third kappa shape index (κ3) is 5.48. The van der Waals surface area contributed by atoms with E-state index in [1.54, 1.807) is 0 Å². The Kier molecular flexibility index (Phi) is 7.64. The summed E-state index contributed by atoms with van der Waals surface area (Å²) in [6, 6.07) is 65.6. The number of nitrogens with zero attached hydrogens (tertiary/aromatic N) is 3. The Morgan fingerprint density at radius 2 is 0.875 bits per heavy atom. The summed E-state index contributed by atoms with van der Waals surface area (Å²) in [5.41, 5.74) is 11.3. The zero-order valence-electron chi connectivity index (χ0n) is 30.1. The van der Waals surface area contributed by atoms with Crippen LogP contribution in [0.3, 0.4) is 0 Å². The van der Waals surface area contributed by atoms with Gasteiger partial charge in [0.25, 0.3) is 0 Å². The fourth-order valence-corrected chi connectivity index (χ4v) is 9.16. The minimum absolute atomic E-state index is 0.583. The lowest BCUT2D eigenvalue weighted by Crippen LogP contribution is -2.00. The monoisotopic (exact) mass is 733 g/mol. The number of hydrogen-bond donors (Lipinski definition) is 0. The number of benzene rings is 8. The molecule has 11 aromatic rings. The van der Waals surface area contributed by atoms with E-state index in [-0.39, 0.29) is 0 Å². The number of fused-ring (bicyclic) bond motifs is 6. The van der Waals surface area contributed by atoms with E-state index >= 15 is 0 Å². The van der Waals surface area contributed by atoms with E-state index in [1.165, 1.54) is 31.3 Å². The van der Waals surface area contributed by atoms with E-state index in [1.807, 2.05) is 59.9 Å². The largest absolute Gasteiger partial charge is 0.456 e. The lowest BCUT2D eigenvalue weighted by atomic mass is 9.94. The van der Waals surface area contributed by atoms with Crippen LogP contribution in [0.1, 0.15) is 0 Å². The van der Waals surface area contributed by atoms with Gasteiger partial charge in [0.1, 0.15) is 11.2 Å². The van der Waals surface area contributed by atoms with Crippen molar-refractivity contribution in [3.05, 3.63) is 188 Å². The molecule has 262 valence electrons. The molecule has 0 spiro atoms. The zero-order valence-corrected chi connectivity index (χ0v) is 30.9. The molecule has 0 saturated heterocycles. The molecule has 4 nitrogen and oxygen atoms in total. The first-order valence-corrected chi connectivity index (χ1v) is 19.5. The van der Waals surface area contributed by atoms with Gasteiger partial charge in [0.2, 0.25) is 0 Å². The molecule has 56 heavy (non-hydrogen) atoms. The molecule has 0 bridgehead atoms. The van der Waals surface area contributed by atoms with Crippen LogP contribution in [-0.2, 0) is 0 Å². The Bertz CT molecular complexity index is 3230. The van der Waals surface area contributed by atoms with Crippen LogP contribution in [0.4, 0.5) is 0 Å². The molecule has 0 saturated carbocycles. The highest BCUT2D eigenvalue weighted by Crippen LogP contribution is 2.47. The van der Waals surface area contributed by atoms with Gasteiger partial charge in [-0.15, -0.1) is 11.3 Å². The number of furan rings is 1. The molecule has 0 radical (unpaired) electrons. The number of hydrogen-bond acceptors (Lipinski definition) is 5. The number of aromatic nitrogens is 3. The first-order valence-electron chi connectivity index (χ1n) is 18.7. The molecule has 0 aliphatic rings. The molecular formula is C51H31N3OS. The average Bonchev–Trinajstić information content (AvgIpc) is 3.86. The SMILES string of the molecule is c1ccc(-c2ccc(-c3nc(-c4ccccc4)nc(-c4cc(-c5cccc6c5sc5cccc(-c7ccccc7)c56)c5c(c4)oc4ccccc45)n3)cc2)cc1. The maximum absolute atomic E-state index is 6.64. The van der Waals surface area contributed by atoms with Crippen molar-refractivity contribution in [1.29, 1.82) is 0 Å². The third-order valence-corrected chi connectivity index (χ3v) is 11.8. The normalized spacial score (nSPS) is 11.6. The predicted molar refractivity (Wildman–Crippen MR) is 233 cm³/mol. The second-order valence-corrected chi connectivity index (χ2v) is 15.0. The molecular weight excluding hydrogens is 703 g/mol. The Balaban J connectivity index is 1.14. The molecule has 0 fully saturated rings. The molecule has 3 heterocycles. The second-order valence-electron chi connectivity index (χ2n) is 13.9. The second kappa shape index (κ2) is 13.3. The van der Waals surface area contributed by atoms with Crippen LogP contribution in [0.2, 0.25) is 0 Å². The minimum Gasteiger partial charge on any atom is -0.456 e. The highest BCUT2D eigenvalue weighted by atomic mass is 32.1. The quantitative estimate of drug-likeness (QED) is 0.171. The molecule has 0 amide bonds. The standard InChI is InChI=1S/C51H31N3OS/c1-4-14-32(15-5-1)33-26-28-36(29-27-33)50-52-49(35-18-8-3-9-19-35)53-51(54-50)37-30-42(46-40-20-10-11-24-43(40)55-44(46)31-37)39-22-12-23-41-47-38(34-16-6-2-7-17-34)21-13-25-45(47)56-48(39)41/h1-31H. The fraction of sp³-hybridized carbons (Fsp3) is 0. The number of para-hydroxylation sites is 1. The van der Waals surface area contributed by atoms with E-state index in [4.69, 9.17) is 19.4 Å². The van der Waals surface area contributed by atoms with Crippen LogP contribution >= 0.6 is 11.3 Å². The summed E-state index contributed by atoms with van der Waals surface area (Å²) < 4.78 is 9.13. The summed E-state index contributed by atoms with van der Waals surface area (Å²) in [5, 5.41) is 4.66. The Labute approximate surface area is 327 Å². The predicted octanol–water partition coefficient (Wildman–Crippen LogP) is 14.1. The Morgan fingerprint density at radius 1 is 0.339 bits per heavy atom. The summed E-state index contributed by atoms with van der Waals surface area (Å²) in [6.07, 6.45) is 0. The molecule has 0 aliphatic carbocycles. The number of thiophene rings is 1. The molecule has 0 unspecified atom stereocenters. The van der Waals surface area contributed by atoms with Gasteiger partial charge < -0.3 is 4.42 Å². The first kappa shape index (κ1) is 32.2. The Hall–Kier alpha value is -7.21. The Morgan fingerprint density at radius 3 is 1.61 bits per heavy atom. The molecule has 0 atom stereocenters. The lowest BCUT2D eigenvalue weighted by molar-refractivity contribution is 0.669. The van der Waals surface area contributed by atoms with Crippen molar-refractivity contribution < 1.29 is 4.42 Å². The van der Waals surface area contributed by atoms with Gasteiger partial charge in [-0.2, -0.15) is 0 Å². The summed E-state index contributed by atoms with van der Waals surface area (Å²) in [5.74, 6) is 1.81. The van der Waals surface area contributed by atoms with Crippen molar-refractivity contribution in [2.75, 3.05) is 0 Å². The van der Waals surface area contributed by atoms with Crippen molar-refractivity contribution in [3.8, 4) is 67.5 Å². The fourth-order valence-electron chi connectivity index (χ4n) is 7.91. The minimum atomic E-state index is 0.583. The summed E-state index contributed by atoms with van der Waals surface area (Å²) in [6.45, 7) is 0. The van der Waals surface area contributed by atoms with Crippen molar-refractivity contribution in [1.82, 2.24) is 15.0 Å². The lowest BCUT2D eigenvalue weighted by Gasteiger charge is -2.12. The van der Waals surface area contributed by atoms with Gasteiger partial charge in [-0.05, 0) is 52.1 Å². The summed E-state index contributed by atoms with van der Waals surface area (Å²) >= 11 is 1.84. The smallest absolute Gasteiger partial charge is 0.164 e. The van der Waals surface area contributed by atoms with Gasteiger partial charge >= 0.3 is 0 Å². The van der Waals surface area contributed by atoms with Crippen molar-refractivity contribution in [2.45, 2.75) is 0 Å². The zero-order chi connectivity index (χ0) is 37.0.